The minimum absolute atomic E-state index is 0.804. The van der Waals surface area contributed by atoms with Crippen LogP contribution in [0.1, 0.15) is 38.7 Å². The van der Waals surface area contributed by atoms with E-state index in [0.29, 0.717) is 0 Å². The monoisotopic (exact) mass is 217 g/mol. The molecule has 2 rings (SSSR count). The molecule has 1 aliphatic heterocycles. The molecule has 1 heteroatoms. The van der Waals surface area contributed by atoms with E-state index in [4.69, 9.17) is 0 Å². The molecular weight excluding hydrogens is 194 g/mol. The van der Waals surface area contributed by atoms with Gasteiger partial charge in [0.25, 0.3) is 0 Å². The zero-order valence-corrected chi connectivity index (χ0v) is 10.6. The summed E-state index contributed by atoms with van der Waals surface area (Å²) in [7, 11) is 0. The molecule has 0 unspecified atom stereocenters. The Labute approximate surface area is 99.5 Å². The third-order valence-corrected chi connectivity index (χ3v) is 3.42. The van der Waals surface area contributed by atoms with Crippen LogP contribution >= 0.6 is 0 Å². The van der Waals surface area contributed by atoms with Crippen LogP contribution in [-0.4, -0.2) is 13.1 Å². The second-order valence-corrected chi connectivity index (χ2v) is 5.29. The lowest BCUT2D eigenvalue weighted by atomic mass is 10.0. The maximum Gasteiger partial charge on any atom is 0.0366 e. The standard InChI is InChI=1S/C15H23N/c1-13(2)5-6-14-7-9-15(10-8-14)16-11-3-4-12-16/h7-10,13H,3-6,11-12H2,1-2H3. The molecule has 1 nitrogen and oxygen atoms in total. The molecule has 0 atom stereocenters. The smallest absolute Gasteiger partial charge is 0.0366 e. The third kappa shape index (κ3) is 3.01. The highest BCUT2D eigenvalue weighted by atomic mass is 15.1. The summed E-state index contributed by atoms with van der Waals surface area (Å²) >= 11 is 0. The minimum Gasteiger partial charge on any atom is -0.372 e. The van der Waals surface area contributed by atoms with Gasteiger partial charge < -0.3 is 4.90 Å². The zero-order chi connectivity index (χ0) is 11.4. The average Bonchev–Trinajstić information content (AvgIpc) is 2.80. The fourth-order valence-electron chi connectivity index (χ4n) is 2.30. The van der Waals surface area contributed by atoms with Crippen molar-refractivity contribution in [3.05, 3.63) is 29.8 Å². The molecule has 0 radical (unpaired) electrons. The lowest BCUT2D eigenvalue weighted by Crippen LogP contribution is -2.17. The molecular formula is C15H23N. The molecule has 88 valence electrons. The van der Waals surface area contributed by atoms with Crippen LogP contribution in [0.25, 0.3) is 0 Å². The third-order valence-electron chi connectivity index (χ3n) is 3.42. The van der Waals surface area contributed by atoms with Crippen molar-refractivity contribution in [2.75, 3.05) is 18.0 Å². The van der Waals surface area contributed by atoms with Crippen molar-refractivity contribution in [2.45, 2.75) is 39.5 Å². The topological polar surface area (TPSA) is 3.24 Å². The quantitative estimate of drug-likeness (QED) is 0.740. The number of anilines is 1. The molecule has 1 aromatic rings. The van der Waals surface area contributed by atoms with Crippen LogP contribution in [0.2, 0.25) is 0 Å². The van der Waals surface area contributed by atoms with Gasteiger partial charge in [-0.2, -0.15) is 0 Å². The molecule has 0 bridgehead atoms. The van der Waals surface area contributed by atoms with Gasteiger partial charge in [-0.05, 0) is 49.3 Å². The molecule has 1 heterocycles. The van der Waals surface area contributed by atoms with E-state index < -0.39 is 0 Å². The molecule has 0 aliphatic carbocycles. The molecule has 1 fully saturated rings. The van der Waals surface area contributed by atoms with Crippen molar-refractivity contribution in [2.24, 2.45) is 5.92 Å². The number of hydrogen-bond donors (Lipinski definition) is 0. The van der Waals surface area contributed by atoms with Gasteiger partial charge >= 0.3 is 0 Å². The molecule has 0 spiro atoms. The number of rotatable bonds is 4. The van der Waals surface area contributed by atoms with Crippen LogP contribution < -0.4 is 4.90 Å². The first-order valence-electron chi connectivity index (χ1n) is 6.59. The van der Waals surface area contributed by atoms with E-state index in [1.165, 1.54) is 50.0 Å². The molecule has 1 aromatic carbocycles. The van der Waals surface area contributed by atoms with E-state index in [9.17, 15) is 0 Å². The van der Waals surface area contributed by atoms with Gasteiger partial charge in [0.1, 0.15) is 0 Å². The van der Waals surface area contributed by atoms with E-state index in [1.54, 1.807) is 0 Å². The fourth-order valence-corrected chi connectivity index (χ4v) is 2.30. The number of benzene rings is 1. The number of hydrogen-bond acceptors (Lipinski definition) is 1. The van der Waals surface area contributed by atoms with Crippen molar-refractivity contribution in [1.29, 1.82) is 0 Å². The second kappa shape index (κ2) is 5.38. The fraction of sp³-hybridized carbons (Fsp3) is 0.600. The maximum absolute atomic E-state index is 2.49. The summed E-state index contributed by atoms with van der Waals surface area (Å²) in [5, 5.41) is 0. The van der Waals surface area contributed by atoms with Gasteiger partial charge in [-0.25, -0.2) is 0 Å². The second-order valence-electron chi connectivity index (χ2n) is 5.29. The Morgan fingerprint density at radius 2 is 1.69 bits per heavy atom. The van der Waals surface area contributed by atoms with E-state index in [1.807, 2.05) is 0 Å². The van der Waals surface area contributed by atoms with E-state index in [-0.39, 0.29) is 0 Å². The van der Waals surface area contributed by atoms with Gasteiger partial charge in [-0.3, -0.25) is 0 Å². The Hall–Kier alpha value is -0.980. The summed E-state index contributed by atoms with van der Waals surface area (Å²) < 4.78 is 0. The van der Waals surface area contributed by atoms with Gasteiger partial charge in [0.2, 0.25) is 0 Å². The van der Waals surface area contributed by atoms with E-state index >= 15 is 0 Å². The van der Waals surface area contributed by atoms with Crippen molar-refractivity contribution in [3.63, 3.8) is 0 Å². The predicted octanol–water partition coefficient (Wildman–Crippen LogP) is 3.88. The molecule has 16 heavy (non-hydrogen) atoms. The van der Waals surface area contributed by atoms with Gasteiger partial charge in [0.05, 0.1) is 0 Å². The van der Waals surface area contributed by atoms with Crippen molar-refractivity contribution < 1.29 is 0 Å². The molecule has 0 amide bonds. The van der Waals surface area contributed by atoms with Gasteiger partial charge in [-0.15, -0.1) is 0 Å². The lowest BCUT2D eigenvalue weighted by molar-refractivity contribution is 0.587. The summed E-state index contributed by atoms with van der Waals surface area (Å²) in [6, 6.07) is 9.19. The number of nitrogens with zero attached hydrogens (tertiary/aromatic N) is 1. The molecule has 0 N–H and O–H groups in total. The SMILES string of the molecule is CC(C)CCc1ccc(N2CCCC2)cc1. The van der Waals surface area contributed by atoms with Crippen molar-refractivity contribution >= 4 is 5.69 Å². The lowest BCUT2D eigenvalue weighted by Gasteiger charge is -2.17. The van der Waals surface area contributed by atoms with Crippen LogP contribution in [0.15, 0.2) is 24.3 Å². The first kappa shape index (κ1) is 11.5. The Bertz CT molecular complexity index is 307. The summed E-state index contributed by atoms with van der Waals surface area (Å²) in [6.07, 6.45) is 5.23. The maximum atomic E-state index is 2.49. The summed E-state index contributed by atoms with van der Waals surface area (Å²) in [4.78, 5) is 2.49. The largest absolute Gasteiger partial charge is 0.372 e. The van der Waals surface area contributed by atoms with Crippen LogP contribution in [0.3, 0.4) is 0 Å². The van der Waals surface area contributed by atoms with Crippen LogP contribution in [0.4, 0.5) is 5.69 Å². The highest BCUT2D eigenvalue weighted by Gasteiger charge is 2.11. The van der Waals surface area contributed by atoms with Crippen molar-refractivity contribution in [3.8, 4) is 0 Å². The Morgan fingerprint density at radius 1 is 1.06 bits per heavy atom. The van der Waals surface area contributed by atoms with Gasteiger partial charge in [0, 0.05) is 18.8 Å². The highest BCUT2D eigenvalue weighted by molar-refractivity contribution is 5.48. The minimum atomic E-state index is 0.804. The van der Waals surface area contributed by atoms with Crippen LogP contribution in [0, 0.1) is 5.92 Å². The van der Waals surface area contributed by atoms with Crippen LogP contribution in [-0.2, 0) is 6.42 Å². The Morgan fingerprint density at radius 3 is 2.25 bits per heavy atom. The summed E-state index contributed by atoms with van der Waals surface area (Å²) in [5.74, 6) is 0.804. The average molecular weight is 217 g/mol. The highest BCUT2D eigenvalue weighted by Crippen LogP contribution is 2.21. The Balaban J connectivity index is 1.93. The molecule has 0 saturated carbocycles. The van der Waals surface area contributed by atoms with Gasteiger partial charge in [-0.1, -0.05) is 26.0 Å². The number of aryl methyl sites for hydroxylation is 1. The van der Waals surface area contributed by atoms with Crippen LogP contribution in [0.5, 0.6) is 0 Å². The molecule has 1 saturated heterocycles. The first-order chi connectivity index (χ1) is 7.75. The van der Waals surface area contributed by atoms with Gasteiger partial charge in [0.15, 0.2) is 0 Å². The molecule has 0 aromatic heterocycles. The normalized spacial score (nSPS) is 16.1. The first-order valence-corrected chi connectivity index (χ1v) is 6.59. The zero-order valence-electron chi connectivity index (χ0n) is 10.6. The molecule has 1 aliphatic rings. The summed E-state index contributed by atoms with van der Waals surface area (Å²) in [6.45, 7) is 7.06. The Kier molecular flexibility index (Phi) is 3.87. The predicted molar refractivity (Wildman–Crippen MR) is 71.0 cm³/mol. The van der Waals surface area contributed by atoms with E-state index in [2.05, 4.69) is 43.0 Å². The summed E-state index contributed by atoms with van der Waals surface area (Å²) in [5.41, 5.74) is 2.89. The van der Waals surface area contributed by atoms with Crippen molar-refractivity contribution in [1.82, 2.24) is 0 Å². The van der Waals surface area contributed by atoms with E-state index in [0.717, 1.165) is 5.92 Å².